The Morgan fingerprint density at radius 2 is 1.60 bits per heavy atom. The molecular formula is C28H29FO. The number of benzene rings is 3. The van der Waals surface area contributed by atoms with Crippen molar-refractivity contribution in [3.63, 3.8) is 0 Å². The molecule has 3 rings (SSSR count). The highest BCUT2D eigenvalue weighted by Gasteiger charge is 2.08. The molecule has 0 saturated heterocycles. The summed E-state index contributed by atoms with van der Waals surface area (Å²) in [5, 5.41) is 9.29. The van der Waals surface area contributed by atoms with Gasteiger partial charge in [-0.25, -0.2) is 4.39 Å². The van der Waals surface area contributed by atoms with Crippen LogP contribution in [0.2, 0.25) is 0 Å². The van der Waals surface area contributed by atoms with Crippen LogP contribution in [0.3, 0.4) is 0 Å². The van der Waals surface area contributed by atoms with E-state index < -0.39 is 0 Å². The van der Waals surface area contributed by atoms with Crippen LogP contribution in [-0.4, -0.2) is 11.2 Å². The average molecular weight is 401 g/mol. The van der Waals surface area contributed by atoms with Crippen LogP contribution in [0.25, 0.3) is 28.3 Å². The lowest BCUT2D eigenvalue weighted by molar-refractivity contribution is 0.182. The van der Waals surface area contributed by atoms with E-state index in [-0.39, 0.29) is 11.9 Å². The van der Waals surface area contributed by atoms with Gasteiger partial charge in [0.2, 0.25) is 0 Å². The predicted octanol–water partition coefficient (Wildman–Crippen LogP) is 7.45. The molecule has 0 radical (unpaired) electrons. The highest BCUT2D eigenvalue weighted by atomic mass is 19.1. The summed E-state index contributed by atoms with van der Waals surface area (Å²) in [6.07, 6.45) is 9.42. The van der Waals surface area contributed by atoms with Gasteiger partial charge in [0.25, 0.3) is 0 Å². The van der Waals surface area contributed by atoms with Crippen molar-refractivity contribution in [1.82, 2.24) is 0 Å². The zero-order chi connectivity index (χ0) is 21.3. The summed E-state index contributed by atoms with van der Waals surface area (Å²) in [6.45, 7) is 5.57. The van der Waals surface area contributed by atoms with Gasteiger partial charge in [0.15, 0.2) is 0 Å². The quantitative estimate of drug-likeness (QED) is 0.292. The molecule has 0 bridgehead atoms. The third-order valence-corrected chi connectivity index (χ3v) is 5.16. The second kappa shape index (κ2) is 10.7. The first kappa shape index (κ1) is 21.7. The SMILES string of the molecule is C=CCc1ccc(-c2ccc(-c3ccc(/C=C/CCCC(C)O)cc3)cc2F)cc1. The molecule has 0 spiro atoms. The fourth-order valence-electron chi connectivity index (χ4n) is 3.45. The first-order valence-electron chi connectivity index (χ1n) is 10.5. The molecule has 154 valence electrons. The Kier molecular flexibility index (Phi) is 7.75. The van der Waals surface area contributed by atoms with Crippen molar-refractivity contribution in [2.45, 2.75) is 38.7 Å². The van der Waals surface area contributed by atoms with Crippen LogP contribution in [0.5, 0.6) is 0 Å². The minimum atomic E-state index is -0.235. The van der Waals surface area contributed by atoms with Crippen molar-refractivity contribution in [3.8, 4) is 22.3 Å². The zero-order valence-corrected chi connectivity index (χ0v) is 17.5. The Morgan fingerprint density at radius 1 is 0.933 bits per heavy atom. The molecule has 1 nitrogen and oxygen atoms in total. The predicted molar refractivity (Wildman–Crippen MR) is 126 cm³/mol. The smallest absolute Gasteiger partial charge is 0.131 e. The maximum Gasteiger partial charge on any atom is 0.131 e. The van der Waals surface area contributed by atoms with E-state index in [4.69, 9.17) is 0 Å². The third kappa shape index (κ3) is 6.01. The van der Waals surface area contributed by atoms with Gasteiger partial charge in [-0.05, 0) is 66.5 Å². The summed E-state index contributed by atoms with van der Waals surface area (Å²) in [7, 11) is 0. The molecule has 0 aliphatic carbocycles. The monoisotopic (exact) mass is 400 g/mol. The largest absolute Gasteiger partial charge is 0.393 e. The average Bonchev–Trinajstić information content (AvgIpc) is 2.75. The summed E-state index contributed by atoms with van der Waals surface area (Å²) < 4.78 is 14.8. The van der Waals surface area contributed by atoms with Gasteiger partial charge in [-0.3, -0.25) is 0 Å². The lowest BCUT2D eigenvalue weighted by atomic mass is 9.98. The maximum atomic E-state index is 14.8. The number of allylic oxidation sites excluding steroid dienone is 2. The van der Waals surface area contributed by atoms with Crippen LogP contribution >= 0.6 is 0 Å². The molecule has 0 heterocycles. The first-order valence-corrected chi connectivity index (χ1v) is 10.5. The summed E-state index contributed by atoms with van der Waals surface area (Å²) >= 11 is 0. The molecule has 0 aliphatic rings. The highest BCUT2D eigenvalue weighted by molar-refractivity contribution is 5.72. The first-order chi connectivity index (χ1) is 14.6. The van der Waals surface area contributed by atoms with Gasteiger partial charge in [-0.15, -0.1) is 6.58 Å². The van der Waals surface area contributed by atoms with E-state index in [0.29, 0.717) is 5.56 Å². The van der Waals surface area contributed by atoms with Crippen LogP contribution in [0.4, 0.5) is 4.39 Å². The molecule has 1 N–H and O–H groups in total. The van der Waals surface area contributed by atoms with Crippen molar-refractivity contribution in [3.05, 3.63) is 102 Å². The molecule has 0 amide bonds. The van der Waals surface area contributed by atoms with Crippen molar-refractivity contribution in [1.29, 1.82) is 0 Å². The maximum absolute atomic E-state index is 14.8. The van der Waals surface area contributed by atoms with Gasteiger partial charge in [-0.1, -0.05) is 78.9 Å². The van der Waals surface area contributed by atoms with E-state index in [1.165, 1.54) is 5.56 Å². The summed E-state index contributed by atoms with van der Waals surface area (Å²) in [5.41, 5.74) is 5.64. The number of rotatable bonds is 9. The molecule has 1 unspecified atom stereocenters. The Balaban J connectivity index is 1.68. The topological polar surface area (TPSA) is 20.2 Å². The number of aliphatic hydroxyl groups excluding tert-OH is 1. The van der Waals surface area contributed by atoms with E-state index in [1.54, 1.807) is 6.07 Å². The lowest BCUT2D eigenvalue weighted by Gasteiger charge is -2.08. The second-order valence-electron chi connectivity index (χ2n) is 7.69. The van der Waals surface area contributed by atoms with Gasteiger partial charge >= 0.3 is 0 Å². The molecule has 2 heteroatoms. The van der Waals surface area contributed by atoms with Crippen molar-refractivity contribution in [2.24, 2.45) is 0 Å². The Bertz CT molecular complexity index is 982. The second-order valence-corrected chi connectivity index (χ2v) is 7.69. The van der Waals surface area contributed by atoms with Crippen LogP contribution < -0.4 is 0 Å². The number of hydrogen-bond acceptors (Lipinski definition) is 1. The normalized spacial score (nSPS) is 12.2. The minimum Gasteiger partial charge on any atom is -0.393 e. The van der Waals surface area contributed by atoms with Gasteiger partial charge < -0.3 is 5.11 Å². The summed E-state index contributed by atoms with van der Waals surface area (Å²) in [6, 6.07) is 21.5. The zero-order valence-electron chi connectivity index (χ0n) is 17.5. The van der Waals surface area contributed by atoms with Crippen LogP contribution in [0.15, 0.2) is 85.5 Å². The molecule has 0 saturated carbocycles. The molecule has 0 fully saturated rings. The number of hydrogen-bond donors (Lipinski definition) is 1. The molecule has 3 aromatic carbocycles. The van der Waals surface area contributed by atoms with Crippen LogP contribution in [0, 0.1) is 5.82 Å². The van der Waals surface area contributed by atoms with E-state index in [9.17, 15) is 9.50 Å². The fourth-order valence-corrected chi connectivity index (χ4v) is 3.45. The lowest BCUT2D eigenvalue weighted by Crippen LogP contribution is -1.97. The fraction of sp³-hybridized carbons (Fsp3) is 0.214. The standard InChI is InChI=1S/C28H29FO/c1-3-7-22-12-16-25(17-13-22)27-19-18-26(20-28(27)29)24-14-10-23(11-15-24)9-6-4-5-8-21(2)30/h3,6,9-21,30H,1,4-5,7-8H2,2H3/b9-6+. The molecule has 0 aromatic heterocycles. The Labute approximate surface area is 179 Å². The third-order valence-electron chi connectivity index (χ3n) is 5.16. The van der Waals surface area contributed by atoms with Gasteiger partial charge in [0, 0.05) is 5.56 Å². The van der Waals surface area contributed by atoms with E-state index in [1.807, 2.05) is 73.7 Å². The molecule has 1 atom stereocenters. The van der Waals surface area contributed by atoms with Crippen molar-refractivity contribution in [2.75, 3.05) is 0 Å². The van der Waals surface area contributed by atoms with Crippen LogP contribution in [-0.2, 0) is 6.42 Å². The van der Waals surface area contributed by atoms with Crippen molar-refractivity contribution >= 4 is 6.08 Å². The van der Waals surface area contributed by atoms with E-state index >= 15 is 0 Å². The molecular weight excluding hydrogens is 371 g/mol. The number of aliphatic hydroxyl groups is 1. The summed E-state index contributed by atoms with van der Waals surface area (Å²) in [4.78, 5) is 0. The van der Waals surface area contributed by atoms with Gasteiger partial charge in [0.05, 0.1) is 6.10 Å². The van der Waals surface area contributed by atoms with Crippen LogP contribution in [0.1, 0.15) is 37.3 Å². The van der Waals surface area contributed by atoms with Gasteiger partial charge in [-0.2, -0.15) is 0 Å². The van der Waals surface area contributed by atoms with Gasteiger partial charge in [0.1, 0.15) is 5.82 Å². The van der Waals surface area contributed by atoms with Crippen molar-refractivity contribution < 1.29 is 9.50 Å². The molecule has 30 heavy (non-hydrogen) atoms. The minimum absolute atomic E-state index is 0.217. The molecule has 0 aliphatic heterocycles. The summed E-state index contributed by atoms with van der Waals surface area (Å²) in [5.74, 6) is -0.217. The van der Waals surface area contributed by atoms with E-state index in [2.05, 4.69) is 18.7 Å². The highest BCUT2D eigenvalue weighted by Crippen LogP contribution is 2.28. The molecule has 3 aromatic rings. The Morgan fingerprint density at radius 3 is 2.23 bits per heavy atom. The Hall–Kier alpha value is -2.97. The van der Waals surface area contributed by atoms with E-state index in [0.717, 1.165) is 47.9 Å². The number of unbranched alkanes of at least 4 members (excludes halogenated alkanes) is 1. The number of halogens is 1.